The fourth-order valence-corrected chi connectivity index (χ4v) is 1.88. The standard InChI is InChI=1S/C14H10ClFN2O3/c15-8-9-2-1-3-10(6-9)14(19)17-13-7-11(18(20)21)4-5-12(13)16/h1-7H,8H2,(H,17,19). The summed E-state index contributed by atoms with van der Waals surface area (Å²) in [6.07, 6.45) is 0. The van der Waals surface area contributed by atoms with E-state index in [1.54, 1.807) is 24.3 Å². The molecule has 0 fully saturated rings. The van der Waals surface area contributed by atoms with E-state index >= 15 is 0 Å². The van der Waals surface area contributed by atoms with Crippen molar-refractivity contribution in [3.05, 3.63) is 69.5 Å². The molecule has 1 amide bonds. The lowest BCUT2D eigenvalue weighted by Crippen LogP contribution is -2.13. The van der Waals surface area contributed by atoms with Gasteiger partial charge in [-0.2, -0.15) is 0 Å². The van der Waals surface area contributed by atoms with Crippen LogP contribution < -0.4 is 5.32 Å². The first-order valence-corrected chi connectivity index (χ1v) is 6.45. The second-order valence-corrected chi connectivity index (χ2v) is 4.48. The van der Waals surface area contributed by atoms with Crippen LogP contribution in [0.25, 0.3) is 0 Å². The quantitative estimate of drug-likeness (QED) is 0.531. The third kappa shape index (κ3) is 3.55. The van der Waals surface area contributed by atoms with Crippen molar-refractivity contribution in [2.24, 2.45) is 0 Å². The highest BCUT2D eigenvalue weighted by Gasteiger charge is 2.14. The van der Waals surface area contributed by atoms with E-state index in [-0.39, 0.29) is 17.3 Å². The van der Waals surface area contributed by atoms with Crippen LogP contribution in [0.5, 0.6) is 0 Å². The maximum Gasteiger partial charge on any atom is 0.271 e. The largest absolute Gasteiger partial charge is 0.319 e. The molecule has 0 heterocycles. The highest BCUT2D eigenvalue weighted by molar-refractivity contribution is 6.17. The molecule has 0 radical (unpaired) electrons. The first kappa shape index (κ1) is 14.9. The minimum absolute atomic E-state index is 0.242. The van der Waals surface area contributed by atoms with Gasteiger partial charge in [0.2, 0.25) is 0 Å². The zero-order valence-corrected chi connectivity index (χ0v) is 11.4. The summed E-state index contributed by atoms with van der Waals surface area (Å²) in [6, 6.07) is 9.44. The van der Waals surface area contributed by atoms with Gasteiger partial charge in [0.1, 0.15) is 5.82 Å². The fraction of sp³-hybridized carbons (Fsp3) is 0.0714. The van der Waals surface area contributed by atoms with Crippen LogP contribution in [0, 0.1) is 15.9 Å². The zero-order valence-electron chi connectivity index (χ0n) is 10.7. The number of carbonyl (C=O) groups excluding carboxylic acids is 1. The predicted molar refractivity (Wildman–Crippen MR) is 77.0 cm³/mol. The van der Waals surface area contributed by atoms with Crippen LogP contribution in [0.2, 0.25) is 0 Å². The smallest absolute Gasteiger partial charge is 0.271 e. The van der Waals surface area contributed by atoms with Crippen molar-refractivity contribution < 1.29 is 14.1 Å². The van der Waals surface area contributed by atoms with E-state index < -0.39 is 16.6 Å². The molecule has 2 aromatic rings. The first-order valence-electron chi connectivity index (χ1n) is 5.91. The Kier molecular flexibility index (Phi) is 4.49. The molecular formula is C14H10ClFN2O3. The molecule has 7 heteroatoms. The van der Waals surface area contributed by atoms with Gasteiger partial charge in [-0.15, -0.1) is 11.6 Å². The summed E-state index contributed by atoms with van der Waals surface area (Å²) in [5.74, 6) is -1.07. The number of halogens is 2. The molecule has 108 valence electrons. The molecule has 0 spiro atoms. The first-order chi connectivity index (χ1) is 10.0. The van der Waals surface area contributed by atoms with Crippen LogP contribution >= 0.6 is 11.6 Å². The number of benzene rings is 2. The molecule has 2 rings (SSSR count). The number of alkyl halides is 1. The van der Waals surface area contributed by atoms with E-state index in [0.717, 1.165) is 23.8 Å². The third-order valence-corrected chi connectivity index (χ3v) is 3.06. The van der Waals surface area contributed by atoms with Crippen molar-refractivity contribution in [1.82, 2.24) is 0 Å². The summed E-state index contributed by atoms with van der Waals surface area (Å²) < 4.78 is 13.6. The Balaban J connectivity index is 2.26. The summed E-state index contributed by atoms with van der Waals surface area (Å²) >= 11 is 5.68. The molecule has 1 N–H and O–H groups in total. The zero-order chi connectivity index (χ0) is 15.4. The number of nitro benzene ring substituents is 1. The number of hydrogen-bond donors (Lipinski definition) is 1. The average molecular weight is 309 g/mol. The van der Waals surface area contributed by atoms with E-state index in [0.29, 0.717) is 5.56 Å². The molecule has 0 aliphatic carbocycles. The van der Waals surface area contributed by atoms with Crippen molar-refractivity contribution in [2.45, 2.75) is 5.88 Å². The van der Waals surface area contributed by atoms with Gasteiger partial charge in [0.25, 0.3) is 11.6 Å². The Morgan fingerprint density at radius 1 is 1.29 bits per heavy atom. The van der Waals surface area contributed by atoms with Crippen molar-refractivity contribution in [1.29, 1.82) is 0 Å². The summed E-state index contributed by atoms with van der Waals surface area (Å²) in [7, 11) is 0. The van der Waals surface area contributed by atoms with E-state index in [1.165, 1.54) is 0 Å². The number of amides is 1. The van der Waals surface area contributed by atoms with Gasteiger partial charge in [0.15, 0.2) is 0 Å². The van der Waals surface area contributed by atoms with E-state index in [9.17, 15) is 19.3 Å². The fourth-order valence-electron chi connectivity index (χ4n) is 1.71. The van der Waals surface area contributed by atoms with Gasteiger partial charge in [-0.05, 0) is 23.8 Å². The lowest BCUT2D eigenvalue weighted by Gasteiger charge is -2.07. The molecule has 21 heavy (non-hydrogen) atoms. The molecule has 0 saturated heterocycles. The summed E-state index contributed by atoms with van der Waals surface area (Å²) in [6.45, 7) is 0. The monoisotopic (exact) mass is 308 g/mol. The molecule has 5 nitrogen and oxygen atoms in total. The predicted octanol–water partition coefficient (Wildman–Crippen LogP) is 3.73. The molecule has 0 bridgehead atoms. The molecule has 0 saturated carbocycles. The van der Waals surface area contributed by atoms with Gasteiger partial charge in [-0.3, -0.25) is 14.9 Å². The van der Waals surface area contributed by atoms with E-state index in [4.69, 9.17) is 11.6 Å². The summed E-state index contributed by atoms with van der Waals surface area (Å²) in [4.78, 5) is 22.0. The molecule has 0 aromatic heterocycles. The molecule has 0 aliphatic heterocycles. The Morgan fingerprint density at radius 3 is 2.71 bits per heavy atom. The van der Waals surface area contributed by atoms with Crippen molar-refractivity contribution in [3.63, 3.8) is 0 Å². The number of anilines is 1. The van der Waals surface area contributed by atoms with Crippen molar-refractivity contribution in [2.75, 3.05) is 5.32 Å². The molecule has 0 unspecified atom stereocenters. The average Bonchev–Trinajstić information content (AvgIpc) is 2.49. The number of nitrogens with zero attached hydrogens (tertiary/aromatic N) is 1. The molecular weight excluding hydrogens is 299 g/mol. The Bertz CT molecular complexity index is 706. The van der Waals surface area contributed by atoms with Gasteiger partial charge in [-0.1, -0.05) is 12.1 Å². The van der Waals surface area contributed by atoms with E-state index in [2.05, 4.69) is 5.32 Å². The Hall–Kier alpha value is -2.47. The van der Waals surface area contributed by atoms with E-state index in [1.807, 2.05) is 0 Å². The molecule has 0 aliphatic rings. The molecule has 2 aromatic carbocycles. The van der Waals surface area contributed by atoms with Crippen molar-refractivity contribution in [3.8, 4) is 0 Å². The van der Waals surface area contributed by atoms with Gasteiger partial charge < -0.3 is 5.32 Å². The van der Waals surface area contributed by atoms with Crippen LogP contribution in [0.3, 0.4) is 0 Å². The Morgan fingerprint density at radius 2 is 2.05 bits per heavy atom. The molecule has 0 atom stereocenters. The van der Waals surface area contributed by atoms with Gasteiger partial charge in [0.05, 0.1) is 10.6 Å². The van der Waals surface area contributed by atoms with Crippen LogP contribution in [0.4, 0.5) is 15.8 Å². The maximum absolute atomic E-state index is 13.6. The van der Waals surface area contributed by atoms with Crippen molar-refractivity contribution >= 4 is 28.9 Å². The summed E-state index contributed by atoms with van der Waals surface area (Å²) in [5.41, 5.74) is 0.481. The maximum atomic E-state index is 13.6. The van der Waals surface area contributed by atoms with Crippen LogP contribution in [0.1, 0.15) is 15.9 Å². The number of hydrogen-bond acceptors (Lipinski definition) is 3. The lowest BCUT2D eigenvalue weighted by molar-refractivity contribution is -0.384. The van der Waals surface area contributed by atoms with Crippen LogP contribution in [0.15, 0.2) is 42.5 Å². The van der Waals surface area contributed by atoms with Crippen LogP contribution in [-0.4, -0.2) is 10.8 Å². The Labute approximate surface area is 124 Å². The number of nitrogens with one attached hydrogen (secondary N) is 1. The SMILES string of the molecule is O=C(Nc1cc([N+](=O)[O-])ccc1F)c1cccc(CCl)c1. The van der Waals surface area contributed by atoms with Gasteiger partial charge in [0, 0.05) is 23.6 Å². The second-order valence-electron chi connectivity index (χ2n) is 4.21. The van der Waals surface area contributed by atoms with Gasteiger partial charge in [-0.25, -0.2) is 4.39 Å². The number of non-ortho nitro benzene ring substituents is 1. The normalized spacial score (nSPS) is 10.2. The van der Waals surface area contributed by atoms with Gasteiger partial charge >= 0.3 is 0 Å². The number of nitro groups is 1. The topological polar surface area (TPSA) is 72.2 Å². The lowest BCUT2D eigenvalue weighted by atomic mass is 10.1. The summed E-state index contributed by atoms with van der Waals surface area (Å²) in [5, 5.41) is 13.0. The van der Waals surface area contributed by atoms with Crippen LogP contribution in [-0.2, 0) is 5.88 Å². The minimum atomic E-state index is -0.748. The third-order valence-electron chi connectivity index (χ3n) is 2.75. The second kappa shape index (κ2) is 6.32. The number of rotatable bonds is 4. The highest BCUT2D eigenvalue weighted by atomic mass is 35.5. The number of carbonyl (C=O) groups is 1. The minimum Gasteiger partial charge on any atom is -0.319 e. The highest BCUT2D eigenvalue weighted by Crippen LogP contribution is 2.22.